The molecule has 4 heteroatoms. The summed E-state index contributed by atoms with van der Waals surface area (Å²) >= 11 is 0. The average molecular weight is 263 g/mol. The van der Waals surface area contributed by atoms with Crippen molar-refractivity contribution in [3.63, 3.8) is 0 Å². The molecule has 19 heavy (non-hydrogen) atoms. The van der Waals surface area contributed by atoms with Gasteiger partial charge in [-0.3, -0.25) is 0 Å². The number of hydrogen-bond donors (Lipinski definition) is 1. The van der Waals surface area contributed by atoms with Gasteiger partial charge in [0, 0.05) is 12.8 Å². The van der Waals surface area contributed by atoms with Crippen molar-refractivity contribution >= 4 is 5.97 Å². The molecule has 0 aromatic heterocycles. The highest BCUT2D eigenvalue weighted by Gasteiger charge is 2.29. The van der Waals surface area contributed by atoms with Gasteiger partial charge < -0.3 is 15.2 Å². The molecule has 0 spiro atoms. The van der Waals surface area contributed by atoms with Crippen LogP contribution in [0.1, 0.15) is 38.3 Å². The van der Waals surface area contributed by atoms with E-state index in [1.807, 2.05) is 44.2 Å². The molecule has 2 unspecified atom stereocenters. The molecule has 0 aliphatic carbocycles. The zero-order valence-electron chi connectivity index (χ0n) is 11.4. The van der Waals surface area contributed by atoms with Gasteiger partial charge in [0.1, 0.15) is 12.1 Å². The molecule has 1 heterocycles. The standard InChI is InChI=1S/C15H21NO3/c1-10-8-13(9-11(2)18-10)19-15(17)14(16)12-6-4-3-5-7-12/h3-7,10-11,13-14H,8-9,16H2,1-2H3/t10?,11?,13?,14-/m0/s1. The average Bonchev–Trinajstić information content (AvgIpc) is 2.37. The molecule has 104 valence electrons. The summed E-state index contributed by atoms with van der Waals surface area (Å²) in [6.45, 7) is 3.99. The van der Waals surface area contributed by atoms with Crippen LogP contribution in [0, 0.1) is 0 Å². The van der Waals surface area contributed by atoms with Crippen molar-refractivity contribution in [2.45, 2.75) is 51.0 Å². The molecule has 0 amide bonds. The van der Waals surface area contributed by atoms with E-state index in [9.17, 15) is 4.79 Å². The summed E-state index contributed by atoms with van der Waals surface area (Å²) in [5, 5.41) is 0. The van der Waals surface area contributed by atoms with Gasteiger partial charge >= 0.3 is 5.97 Å². The summed E-state index contributed by atoms with van der Waals surface area (Å²) < 4.78 is 11.1. The van der Waals surface area contributed by atoms with E-state index >= 15 is 0 Å². The molecule has 2 rings (SSSR count). The number of benzene rings is 1. The lowest BCUT2D eigenvalue weighted by molar-refractivity contribution is -0.161. The van der Waals surface area contributed by atoms with Gasteiger partial charge in [-0.2, -0.15) is 0 Å². The smallest absolute Gasteiger partial charge is 0.327 e. The van der Waals surface area contributed by atoms with Crippen LogP contribution in [-0.2, 0) is 14.3 Å². The van der Waals surface area contributed by atoms with Crippen LogP contribution in [0.15, 0.2) is 30.3 Å². The van der Waals surface area contributed by atoms with Crippen molar-refractivity contribution in [2.24, 2.45) is 5.73 Å². The maximum absolute atomic E-state index is 12.0. The summed E-state index contributed by atoms with van der Waals surface area (Å²) in [4.78, 5) is 12.0. The first kappa shape index (κ1) is 14.0. The molecule has 1 aromatic carbocycles. The SMILES string of the molecule is CC1CC(OC(=O)[C@@H](N)c2ccccc2)CC(C)O1. The van der Waals surface area contributed by atoms with Crippen molar-refractivity contribution in [1.29, 1.82) is 0 Å². The van der Waals surface area contributed by atoms with E-state index in [-0.39, 0.29) is 24.3 Å². The molecule has 0 saturated carbocycles. The van der Waals surface area contributed by atoms with E-state index in [1.54, 1.807) is 0 Å². The van der Waals surface area contributed by atoms with Crippen LogP contribution in [0.4, 0.5) is 0 Å². The number of hydrogen-bond acceptors (Lipinski definition) is 4. The molecule has 0 radical (unpaired) electrons. The maximum Gasteiger partial charge on any atom is 0.327 e. The second-order valence-corrected chi connectivity index (χ2v) is 5.18. The minimum atomic E-state index is -0.713. The lowest BCUT2D eigenvalue weighted by Crippen LogP contribution is -2.37. The van der Waals surface area contributed by atoms with Crippen LogP contribution in [0.5, 0.6) is 0 Å². The van der Waals surface area contributed by atoms with Crippen LogP contribution in [0.2, 0.25) is 0 Å². The molecule has 1 aromatic rings. The van der Waals surface area contributed by atoms with Crippen molar-refractivity contribution in [3.8, 4) is 0 Å². The van der Waals surface area contributed by atoms with E-state index < -0.39 is 6.04 Å². The zero-order chi connectivity index (χ0) is 13.8. The van der Waals surface area contributed by atoms with Crippen molar-refractivity contribution < 1.29 is 14.3 Å². The lowest BCUT2D eigenvalue weighted by atomic mass is 10.0. The van der Waals surface area contributed by atoms with E-state index in [1.165, 1.54) is 0 Å². The van der Waals surface area contributed by atoms with Gasteiger partial charge in [-0.05, 0) is 19.4 Å². The van der Waals surface area contributed by atoms with Crippen LogP contribution < -0.4 is 5.73 Å². The van der Waals surface area contributed by atoms with Gasteiger partial charge in [0.05, 0.1) is 12.2 Å². The highest BCUT2D eigenvalue weighted by molar-refractivity contribution is 5.77. The molecule has 4 nitrogen and oxygen atoms in total. The topological polar surface area (TPSA) is 61.5 Å². The molecule has 1 aliphatic rings. The maximum atomic E-state index is 12.0. The highest BCUT2D eigenvalue weighted by atomic mass is 16.6. The van der Waals surface area contributed by atoms with Crippen molar-refractivity contribution in [3.05, 3.63) is 35.9 Å². The van der Waals surface area contributed by atoms with Crippen LogP contribution >= 0.6 is 0 Å². The second kappa shape index (κ2) is 6.17. The Labute approximate surface area is 113 Å². The first-order chi connectivity index (χ1) is 9.06. The first-order valence-corrected chi connectivity index (χ1v) is 6.72. The van der Waals surface area contributed by atoms with Gasteiger partial charge in [-0.25, -0.2) is 4.79 Å². The normalized spacial score (nSPS) is 28.7. The highest BCUT2D eigenvalue weighted by Crippen LogP contribution is 2.23. The Morgan fingerprint density at radius 3 is 2.42 bits per heavy atom. The fraction of sp³-hybridized carbons (Fsp3) is 0.533. The third-order valence-electron chi connectivity index (χ3n) is 3.35. The second-order valence-electron chi connectivity index (χ2n) is 5.18. The fourth-order valence-corrected chi connectivity index (χ4v) is 2.47. The number of carbonyl (C=O) groups excluding carboxylic acids is 1. The van der Waals surface area contributed by atoms with Gasteiger partial charge in [-0.15, -0.1) is 0 Å². The zero-order valence-corrected chi connectivity index (χ0v) is 11.4. The van der Waals surface area contributed by atoms with Gasteiger partial charge in [0.15, 0.2) is 0 Å². The molecule has 1 aliphatic heterocycles. The van der Waals surface area contributed by atoms with Crippen LogP contribution in [-0.4, -0.2) is 24.3 Å². The Bertz CT molecular complexity index is 411. The molecule has 2 N–H and O–H groups in total. The summed E-state index contributed by atoms with van der Waals surface area (Å²) in [5.74, 6) is -0.363. The number of esters is 1. The monoisotopic (exact) mass is 263 g/mol. The summed E-state index contributed by atoms with van der Waals surface area (Å²) in [7, 11) is 0. The number of ether oxygens (including phenoxy) is 2. The Balaban J connectivity index is 1.93. The summed E-state index contributed by atoms with van der Waals surface area (Å²) in [6.07, 6.45) is 1.61. The Morgan fingerprint density at radius 1 is 1.26 bits per heavy atom. The minimum absolute atomic E-state index is 0.0963. The number of nitrogens with two attached hydrogens (primary N) is 1. The van der Waals surface area contributed by atoms with E-state index in [0.29, 0.717) is 0 Å². The van der Waals surface area contributed by atoms with Crippen molar-refractivity contribution in [2.75, 3.05) is 0 Å². The molecule has 1 fully saturated rings. The molecular formula is C15H21NO3. The molecule has 0 bridgehead atoms. The Hall–Kier alpha value is -1.39. The molecule has 1 saturated heterocycles. The summed E-state index contributed by atoms with van der Waals surface area (Å²) in [5.41, 5.74) is 6.70. The third-order valence-corrected chi connectivity index (χ3v) is 3.35. The summed E-state index contributed by atoms with van der Waals surface area (Å²) in [6, 6.07) is 8.57. The first-order valence-electron chi connectivity index (χ1n) is 6.72. The fourth-order valence-electron chi connectivity index (χ4n) is 2.47. The number of carbonyl (C=O) groups is 1. The van der Waals surface area contributed by atoms with Gasteiger partial charge in [0.2, 0.25) is 0 Å². The van der Waals surface area contributed by atoms with E-state index in [2.05, 4.69) is 0 Å². The predicted octanol–water partition coefficient (Wildman–Crippen LogP) is 2.19. The number of rotatable bonds is 3. The minimum Gasteiger partial charge on any atom is -0.461 e. The Kier molecular flexibility index (Phi) is 4.56. The van der Waals surface area contributed by atoms with Crippen molar-refractivity contribution in [1.82, 2.24) is 0 Å². The molecule has 3 atom stereocenters. The largest absolute Gasteiger partial charge is 0.461 e. The van der Waals surface area contributed by atoms with Gasteiger partial charge in [0.25, 0.3) is 0 Å². The van der Waals surface area contributed by atoms with Crippen LogP contribution in [0.3, 0.4) is 0 Å². The van der Waals surface area contributed by atoms with Gasteiger partial charge in [-0.1, -0.05) is 30.3 Å². The van der Waals surface area contributed by atoms with Crippen LogP contribution in [0.25, 0.3) is 0 Å². The predicted molar refractivity (Wildman–Crippen MR) is 72.5 cm³/mol. The van der Waals surface area contributed by atoms with E-state index in [4.69, 9.17) is 15.2 Å². The third kappa shape index (κ3) is 3.78. The molecular weight excluding hydrogens is 242 g/mol. The lowest BCUT2D eigenvalue weighted by Gasteiger charge is -2.32. The van der Waals surface area contributed by atoms with E-state index in [0.717, 1.165) is 18.4 Å². The Morgan fingerprint density at radius 2 is 1.84 bits per heavy atom. The quantitative estimate of drug-likeness (QED) is 0.849.